The van der Waals surface area contributed by atoms with Crippen LogP contribution in [0.4, 0.5) is 5.69 Å². The Morgan fingerprint density at radius 1 is 1.22 bits per heavy atom. The minimum Gasteiger partial charge on any atom is -0.382 e. The molecule has 0 radical (unpaired) electrons. The highest BCUT2D eigenvalue weighted by atomic mass is 16.5. The van der Waals surface area contributed by atoms with Gasteiger partial charge in [0.1, 0.15) is 0 Å². The number of para-hydroxylation sites is 1. The number of nitrogens with one attached hydrogen (secondary N) is 1. The molecule has 0 aromatic heterocycles. The van der Waals surface area contributed by atoms with Crippen molar-refractivity contribution in [2.24, 2.45) is 0 Å². The number of morpholine rings is 1. The highest BCUT2D eigenvalue weighted by Gasteiger charge is 2.18. The van der Waals surface area contributed by atoms with E-state index < -0.39 is 0 Å². The number of benzene rings is 1. The van der Waals surface area contributed by atoms with Gasteiger partial charge in [-0.15, -0.1) is 0 Å². The maximum atomic E-state index is 5.38. The number of hydrogen-bond donors (Lipinski definition) is 1. The molecule has 1 aromatic carbocycles. The van der Waals surface area contributed by atoms with Gasteiger partial charge in [0.2, 0.25) is 0 Å². The summed E-state index contributed by atoms with van der Waals surface area (Å²) in [4.78, 5) is 2.52. The Hall–Kier alpha value is -1.06. The Bertz CT molecular complexity index is 388. The van der Waals surface area contributed by atoms with Crippen molar-refractivity contribution in [2.45, 2.75) is 25.3 Å². The Balaban J connectivity index is 1.50. The largest absolute Gasteiger partial charge is 0.382 e. The van der Waals surface area contributed by atoms with Crippen LogP contribution in [0.15, 0.2) is 24.3 Å². The Labute approximate surface area is 109 Å². The fourth-order valence-corrected chi connectivity index (χ4v) is 2.88. The van der Waals surface area contributed by atoms with Crippen LogP contribution < -0.4 is 5.32 Å². The van der Waals surface area contributed by atoms with Crippen molar-refractivity contribution in [3.8, 4) is 0 Å². The van der Waals surface area contributed by atoms with Gasteiger partial charge in [0.05, 0.1) is 13.2 Å². The zero-order chi connectivity index (χ0) is 12.2. The van der Waals surface area contributed by atoms with Crippen molar-refractivity contribution in [2.75, 3.05) is 38.2 Å². The van der Waals surface area contributed by atoms with Crippen molar-refractivity contribution in [1.29, 1.82) is 0 Å². The molecule has 0 amide bonds. The lowest BCUT2D eigenvalue weighted by molar-refractivity contribution is 0.0367. The average molecular weight is 246 g/mol. The van der Waals surface area contributed by atoms with Gasteiger partial charge in [-0.05, 0) is 30.9 Å². The lowest BCUT2D eigenvalue weighted by atomic mass is 9.96. The van der Waals surface area contributed by atoms with Gasteiger partial charge >= 0.3 is 0 Å². The normalized spacial score (nSPS) is 24.3. The summed E-state index contributed by atoms with van der Waals surface area (Å²) < 4.78 is 5.38. The molecule has 2 heterocycles. The van der Waals surface area contributed by atoms with E-state index in [0.717, 1.165) is 26.3 Å². The third-order valence-electron chi connectivity index (χ3n) is 4.04. The predicted molar refractivity (Wildman–Crippen MR) is 74.0 cm³/mol. The second-order valence-corrected chi connectivity index (χ2v) is 5.28. The van der Waals surface area contributed by atoms with E-state index in [2.05, 4.69) is 34.5 Å². The molecule has 1 saturated heterocycles. The quantitative estimate of drug-likeness (QED) is 0.884. The topological polar surface area (TPSA) is 24.5 Å². The van der Waals surface area contributed by atoms with Gasteiger partial charge in [-0.25, -0.2) is 0 Å². The molecule has 3 nitrogen and oxygen atoms in total. The fourth-order valence-electron chi connectivity index (χ4n) is 2.88. The molecule has 0 saturated carbocycles. The third kappa shape index (κ3) is 2.85. The summed E-state index contributed by atoms with van der Waals surface area (Å²) in [5.41, 5.74) is 2.82. The monoisotopic (exact) mass is 246 g/mol. The first-order chi connectivity index (χ1) is 8.92. The van der Waals surface area contributed by atoms with E-state index >= 15 is 0 Å². The molecule has 0 aliphatic carbocycles. The number of ether oxygens (including phenoxy) is 1. The fraction of sp³-hybridized carbons (Fsp3) is 0.600. The van der Waals surface area contributed by atoms with Gasteiger partial charge in [0, 0.05) is 31.4 Å². The van der Waals surface area contributed by atoms with E-state index in [1.165, 1.54) is 37.1 Å². The first-order valence-electron chi connectivity index (χ1n) is 7.06. The first-order valence-corrected chi connectivity index (χ1v) is 7.06. The first kappa shape index (κ1) is 12.0. The maximum absolute atomic E-state index is 5.38. The van der Waals surface area contributed by atoms with Crippen LogP contribution in [0.25, 0.3) is 0 Å². The van der Waals surface area contributed by atoms with Crippen LogP contribution in [0, 0.1) is 0 Å². The number of fused-ring (bicyclic) bond motifs is 1. The van der Waals surface area contributed by atoms with Crippen LogP contribution in [0.2, 0.25) is 0 Å². The van der Waals surface area contributed by atoms with Gasteiger partial charge in [-0.3, -0.25) is 4.90 Å². The molecule has 1 aromatic rings. The Kier molecular flexibility index (Phi) is 3.81. The van der Waals surface area contributed by atoms with Crippen LogP contribution in [0.5, 0.6) is 0 Å². The third-order valence-corrected chi connectivity index (χ3v) is 4.04. The molecule has 1 fully saturated rings. The number of hydrogen-bond acceptors (Lipinski definition) is 3. The molecule has 3 heteroatoms. The number of anilines is 1. The second-order valence-electron chi connectivity index (χ2n) is 5.28. The minimum absolute atomic E-state index is 0.641. The summed E-state index contributed by atoms with van der Waals surface area (Å²) in [6, 6.07) is 9.34. The van der Waals surface area contributed by atoms with Gasteiger partial charge in [0.15, 0.2) is 0 Å². The van der Waals surface area contributed by atoms with E-state index in [-0.39, 0.29) is 0 Å². The van der Waals surface area contributed by atoms with Crippen LogP contribution in [0.1, 0.15) is 18.4 Å². The van der Waals surface area contributed by atoms with Gasteiger partial charge < -0.3 is 10.1 Å². The summed E-state index contributed by atoms with van der Waals surface area (Å²) in [5.74, 6) is 0. The van der Waals surface area contributed by atoms with E-state index in [4.69, 9.17) is 4.74 Å². The van der Waals surface area contributed by atoms with Gasteiger partial charge in [0.25, 0.3) is 0 Å². The van der Waals surface area contributed by atoms with Crippen molar-refractivity contribution in [3.05, 3.63) is 29.8 Å². The number of rotatable bonds is 3. The molecular weight excluding hydrogens is 224 g/mol. The Morgan fingerprint density at radius 3 is 2.94 bits per heavy atom. The maximum Gasteiger partial charge on any atom is 0.0594 e. The van der Waals surface area contributed by atoms with Crippen molar-refractivity contribution >= 4 is 5.69 Å². The molecule has 3 rings (SSSR count). The molecule has 1 unspecified atom stereocenters. The summed E-state index contributed by atoms with van der Waals surface area (Å²) in [7, 11) is 0. The summed E-state index contributed by atoms with van der Waals surface area (Å²) >= 11 is 0. The summed E-state index contributed by atoms with van der Waals surface area (Å²) in [6.07, 6.45) is 3.73. The SMILES string of the molecule is c1ccc2c(c1)CCC(CCN1CCOCC1)N2. The van der Waals surface area contributed by atoms with Crippen molar-refractivity contribution < 1.29 is 4.74 Å². The van der Waals surface area contributed by atoms with Gasteiger partial charge in [-0.1, -0.05) is 18.2 Å². The molecule has 2 aliphatic heterocycles. The summed E-state index contributed by atoms with van der Waals surface area (Å²) in [5, 5.41) is 3.68. The molecule has 98 valence electrons. The molecule has 1 N–H and O–H groups in total. The zero-order valence-electron chi connectivity index (χ0n) is 10.9. The molecule has 1 atom stereocenters. The van der Waals surface area contributed by atoms with Gasteiger partial charge in [-0.2, -0.15) is 0 Å². The molecule has 0 spiro atoms. The van der Waals surface area contributed by atoms with Crippen LogP contribution in [0.3, 0.4) is 0 Å². The molecule has 18 heavy (non-hydrogen) atoms. The molecule has 0 bridgehead atoms. The summed E-state index contributed by atoms with van der Waals surface area (Å²) in [6.45, 7) is 5.21. The van der Waals surface area contributed by atoms with E-state index in [1.807, 2.05) is 0 Å². The predicted octanol–water partition coefficient (Wildman–Crippen LogP) is 2.14. The minimum atomic E-state index is 0.641. The van der Waals surface area contributed by atoms with Crippen LogP contribution >= 0.6 is 0 Å². The van der Waals surface area contributed by atoms with Crippen LogP contribution in [-0.2, 0) is 11.2 Å². The smallest absolute Gasteiger partial charge is 0.0594 e. The van der Waals surface area contributed by atoms with E-state index in [0.29, 0.717) is 6.04 Å². The molecular formula is C15H22N2O. The standard InChI is InChI=1S/C15H22N2O/c1-2-4-15-13(3-1)5-6-14(16-15)7-8-17-9-11-18-12-10-17/h1-4,14,16H,5-12H2. The average Bonchev–Trinajstić information content (AvgIpc) is 2.46. The van der Waals surface area contributed by atoms with Crippen LogP contribution in [-0.4, -0.2) is 43.8 Å². The highest BCUT2D eigenvalue weighted by Crippen LogP contribution is 2.25. The van der Waals surface area contributed by atoms with E-state index in [9.17, 15) is 0 Å². The highest BCUT2D eigenvalue weighted by molar-refractivity contribution is 5.53. The number of nitrogens with zero attached hydrogens (tertiary/aromatic N) is 1. The van der Waals surface area contributed by atoms with Crippen molar-refractivity contribution in [1.82, 2.24) is 4.90 Å². The lowest BCUT2D eigenvalue weighted by Gasteiger charge is -2.31. The molecule has 2 aliphatic rings. The second kappa shape index (κ2) is 5.72. The number of aryl methyl sites for hydroxylation is 1. The van der Waals surface area contributed by atoms with E-state index in [1.54, 1.807) is 0 Å². The lowest BCUT2D eigenvalue weighted by Crippen LogP contribution is -2.39. The Morgan fingerprint density at radius 2 is 2.06 bits per heavy atom. The zero-order valence-corrected chi connectivity index (χ0v) is 10.9. The van der Waals surface area contributed by atoms with Crippen molar-refractivity contribution in [3.63, 3.8) is 0 Å².